The number of aromatic nitrogens is 3. The van der Waals surface area contributed by atoms with E-state index in [0.717, 1.165) is 30.4 Å². The van der Waals surface area contributed by atoms with Crippen molar-refractivity contribution in [1.82, 2.24) is 14.8 Å². The smallest absolute Gasteiger partial charge is 0.230 e. The van der Waals surface area contributed by atoms with Gasteiger partial charge in [0.1, 0.15) is 5.82 Å². The molecule has 0 unspecified atom stereocenters. The number of hydrogen-bond donors (Lipinski definition) is 1. The van der Waals surface area contributed by atoms with Crippen molar-refractivity contribution in [3.8, 4) is 0 Å². The van der Waals surface area contributed by atoms with E-state index in [1.807, 2.05) is 24.3 Å². The minimum atomic E-state index is -0.345. The third kappa shape index (κ3) is 4.70. The van der Waals surface area contributed by atoms with Crippen molar-refractivity contribution in [1.29, 1.82) is 0 Å². The molecule has 1 amide bonds. The van der Waals surface area contributed by atoms with Crippen LogP contribution in [0.25, 0.3) is 0 Å². The van der Waals surface area contributed by atoms with E-state index in [9.17, 15) is 4.79 Å². The lowest BCUT2D eigenvalue weighted by atomic mass is 10.1. The molecule has 2 aromatic heterocycles. The Bertz CT molecular complexity index is 815. The molecule has 0 spiro atoms. The normalized spacial score (nSPS) is 12.2. The maximum Gasteiger partial charge on any atom is 0.230 e. The van der Waals surface area contributed by atoms with E-state index in [2.05, 4.69) is 38.3 Å². The number of primary amides is 1. The van der Waals surface area contributed by atoms with Crippen molar-refractivity contribution in [2.45, 2.75) is 36.7 Å². The first-order chi connectivity index (χ1) is 12.1. The van der Waals surface area contributed by atoms with Crippen LogP contribution in [0.1, 0.15) is 23.2 Å². The van der Waals surface area contributed by atoms with Gasteiger partial charge in [-0.25, -0.2) is 0 Å². The van der Waals surface area contributed by atoms with Crippen molar-refractivity contribution in [2.24, 2.45) is 5.73 Å². The fraction of sp³-hybridized carbons (Fsp3) is 0.278. The molecule has 3 aromatic rings. The standard InChI is InChI=1S/C18H20N4OS2/c1-13(17(19)23)25-18-21-20-16(12-15-8-5-11-24-15)22(18)10-9-14-6-3-2-4-7-14/h2-8,11,13H,9-10,12H2,1H3,(H2,19,23)/t13-/m0/s1. The third-order valence-corrected chi connectivity index (χ3v) is 5.83. The van der Waals surface area contributed by atoms with Crippen LogP contribution in [-0.2, 0) is 24.2 Å². The number of aryl methyl sites for hydroxylation is 1. The van der Waals surface area contributed by atoms with E-state index >= 15 is 0 Å². The molecule has 0 bridgehead atoms. The number of nitrogens with two attached hydrogens (primary N) is 1. The molecule has 25 heavy (non-hydrogen) atoms. The third-order valence-electron chi connectivity index (χ3n) is 3.86. The number of thiophene rings is 1. The molecule has 3 rings (SSSR count). The summed E-state index contributed by atoms with van der Waals surface area (Å²) in [6.07, 6.45) is 1.62. The average Bonchev–Trinajstić information content (AvgIpc) is 3.25. The van der Waals surface area contributed by atoms with Crippen LogP contribution in [0.15, 0.2) is 53.0 Å². The van der Waals surface area contributed by atoms with E-state index in [-0.39, 0.29) is 11.2 Å². The van der Waals surface area contributed by atoms with Gasteiger partial charge in [-0.05, 0) is 30.4 Å². The first-order valence-electron chi connectivity index (χ1n) is 8.08. The highest BCUT2D eigenvalue weighted by Crippen LogP contribution is 2.24. The van der Waals surface area contributed by atoms with Gasteiger partial charge in [-0.1, -0.05) is 48.2 Å². The van der Waals surface area contributed by atoms with Crippen LogP contribution in [0.3, 0.4) is 0 Å². The average molecular weight is 373 g/mol. The molecule has 0 saturated carbocycles. The molecular weight excluding hydrogens is 352 g/mol. The fourth-order valence-corrected chi connectivity index (χ4v) is 3.98. The van der Waals surface area contributed by atoms with Crippen molar-refractivity contribution < 1.29 is 4.79 Å². The predicted octanol–water partition coefficient (Wildman–Crippen LogP) is 3.14. The van der Waals surface area contributed by atoms with Crippen molar-refractivity contribution in [3.63, 3.8) is 0 Å². The van der Waals surface area contributed by atoms with E-state index in [0.29, 0.717) is 0 Å². The molecule has 5 nitrogen and oxygen atoms in total. The highest BCUT2D eigenvalue weighted by Gasteiger charge is 2.18. The number of nitrogens with zero attached hydrogens (tertiary/aromatic N) is 3. The van der Waals surface area contributed by atoms with Gasteiger partial charge in [0.25, 0.3) is 0 Å². The van der Waals surface area contributed by atoms with Gasteiger partial charge in [0.15, 0.2) is 5.16 Å². The number of benzene rings is 1. The zero-order valence-electron chi connectivity index (χ0n) is 14.0. The number of amides is 1. The Kier molecular flexibility index (Phi) is 5.88. The quantitative estimate of drug-likeness (QED) is 0.617. The second-order valence-corrected chi connectivity index (χ2v) is 8.04. The monoisotopic (exact) mass is 372 g/mol. The second-order valence-electron chi connectivity index (χ2n) is 5.70. The SMILES string of the molecule is C[C@H](Sc1nnc(Cc2cccs2)n1CCc1ccccc1)C(N)=O. The van der Waals surface area contributed by atoms with Crippen LogP contribution in [-0.4, -0.2) is 25.9 Å². The Morgan fingerprint density at radius 1 is 1.24 bits per heavy atom. The Labute approximate surface area is 155 Å². The lowest BCUT2D eigenvalue weighted by molar-refractivity contribution is -0.117. The number of thioether (sulfide) groups is 1. The van der Waals surface area contributed by atoms with Gasteiger partial charge in [-0.15, -0.1) is 21.5 Å². The highest BCUT2D eigenvalue weighted by atomic mass is 32.2. The molecule has 0 aliphatic rings. The summed E-state index contributed by atoms with van der Waals surface area (Å²) in [5.41, 5.74) is 6.66. The van der Waals surface area contributed by atoms with E-state index < -0.39 is 0 Å². The maximum absolute atomic E-state index is 11.4. The summed E-state index contributed by atoms with van der Waals surface area (Å²) in [6, 6.07) is 14.5. The van der Waals surface area contributed by atoms with E-state index in [4.69, 9.17) is 5.73 Å². The van der Waals surface area contributed by atoms with Crippen LogP contribution in [0, 0.1) is 0 Å². The van der Waals surface area contributed by atoms with Gasteiger partial charge in [-0.3, -0.25) is 4.79 Å². The van der Waals surface area contributed by atoms with Crippen LogP contribution < -0.4 is 5.73 Å². The summed E-state index contributed by atoms with van der Waals surface area (Å²) in [4.78, 5) is 12.6. The van der Waals surface area contributed by atoms with Gasteiger partial charge in [0.05, 0.1) is 5.25 Å². The fourth-order valence-electron chi connectivity index (χ4n) is 2.43. The zero-order chi connectivity index (χ0) is 17.6. The molecule has 1 aromatic carbocycles. The highest BCUT2D eigenvalue weighted by molar-refractivity contribution is 8.00. The Hall–Kier alpha value is -2.12. The van der Waals surface area contributed by atoms with Gasteiger partial charge >= 0.3 is 0 Å². The van der Waals surface area contributed by atoms with Gasteiger partial charge in [0, 0.05) is 17.8 Å². The number of carbonyl (C=O) groups excluding carboxylic acids is 1. The summed E-state index contributed by atoms with van der Waals surface area (Å²) >= 11 is 3.07. The van der Waals surface area contributed by atoms with Crippen molar-refractivity contribution >= 4 is 29.0 Å². The number of rotatable bonds is 8. The van der Waals surface area contributed by atoms with E-state index in [1.165, 1.54) is 22.2 Å². The first kappa shape index (κ1) is 17.7. The summed E-state index contributed by atoms with van der Waals surface area (Å²) < 4.78 is 2.11. The molecule has 0 saturated heterocycles. The maximum atomic E-state index is 11.4. The largest absolute Gasteiger partial charge is 0.369 e. The van der Waals surface area contributed by atoms with Crippen LogP contribution in [0.4, 0.5) is 0 Å². The minimum absolute atomic E-state index is 0.339. The lowest BCUT2D eigenvalue weighted by Gasteiger charge is -2.11. The van der Waals surface area contributed by atoms with Gasteiger partial charge in [-0.2, -0.15) is 0 Å². The molecule has 1 atom stereocenters. The summed E-state index contributed by atoms with van der Waals surface area (Å²) in [6.45, 7) is 2.56. The van der Waals surface area contributed by atoms with Crippen molar-refractivity contribution in [2.75, 3.05) is 0 Å². The Morgan fingerprint density at radius 2 is 2.04 bits per heavy atom. The molecule has 0 aliphatic heterocycles. The second kappa shape index (κ2) is 8.31. The zero-order valence-corrected chi connectivity index (χ0v) is 15.6. The molecule has 0 radical (unpaired) electrons. The number of hydrogen-bond acceptors (Lipinski definition) is 5. The summed E-state index contributed by atoms with van der Waals surface area (Å²) in [7, 11) is 0. The molecule has 130 valence electrons. The van der Waals surface area contributed by atoms with Gasteiger partial charge in [0.2, 0.25) is 5.91 Å². The molecule has 2 heterocycles. The van der Waals surface area contributed by atoms with Crippen molar-refractivity contribution in [3.05, 3.63) is 64.1 Å². The van der Waals surface area contributed by atoms with Gasteiger partial charge < -0.3 is 10.3 Å². The molecule has 0 fully saturated rings. The summed E-state index contributed by atoms with van der Waals surface area (Å²) in [5.74, 6) is 0.569. The first-order valence-corrected chi connectivity index (χ1v) is 9.84. The molecular formula is C18H20N4OS2. The number of carbonyl (C=O) groups is 1. The predicted molar refractivity (Wildman–Crippen MR) is 102 cm³/mol. The molecule has 0 aliphatic carbocycles. The van der Waals surface area contributed by atoms with E-state index in [1.54, 1.807) is 18.3 Å². The van der Waals surface area contributed by atoms with Crippen LogP contribution >= 0.6 is 23.1 Å². The lowest BCUT2D eigenvalue weighted by Crippen LogP contribution is -2.23. The van der Waals surface area contributed by atoms with Crippen LogP contribution in [0.2, 0.25) is 0 Å². The minimum Gasteiger partial charge on any atom is -0.369 e. The topological polar surface area (TPSA) is 73.8 Å². The van der Waals surface area contributed by atoms with Crippen LogP contribution in [0.5, 0.6) is 0 Å². The Morgan fingerprint density at radius 3 is 2.72 bits per heavy atom. The summed E-state index contributed by atoms with van der Waals surface area (Å²) in [5, 5.41) is 11.1. The Balaban J connectivity index is 1.81. The molecule has 7 heteroatoms. The molecule has 2 N–H and O–H groups in total.